The molecule has 1 unspecified atom stereocenters. The first-order valence-electron chi connectivity index (χ1n) is 6.53. The van der Waals surface area contributed by atoms with Gasteiger partial charge in [-0.15, -0.1) is 5.10 Å². The van der Waals surface area contributed by atoms with E-state index in [4.69, 9.17) is 0 Å². The summed E-state index contributed by atoms with van der Waals surface area (Å²) < 4.78 is 64.8. The van der Waals surface area contributed by atoms with E-state index in [1.165, 1.54) is 6.07 Å². The predicted octanol–water partition coefficient (Wildman–Crippen LogP) is 1.14. The summed E-state index contributed by atoms with van der Waals surface area (Å²) in [5.41, 5.74) is -4.90. The lowest BCUT2D eigenvalue weighted by Gasteiger charge is -2.32. The Morgan fingerprint density at radius 2 is 2.14 bits per heavy atom. The highest BCUT2D eigenvalue weighted by Crippen LogP contribution is 2.40. The molecule has 0 saturated carbocycles. The van der Waals surface area contributed by atoms with Crippen molar-refractivity contribution in [3.05, 3.63) is 11.8 Å². The second-order valence-corrected chi connectivity index (χ2v) is 6.92. The van der Waals surface area contributed by atoms with Crippen molar-refractivity contribution in [2.45, 2.75) is 36.7 Å². The second kappa shape index (κ2) is 4.60. The largest absolute Gasteiger partial charge is 0.534 e. The third kappa shape index (κ3) is 2.39. The molecule has 1 aromatic heterocycles. The van der Waals surface area contributed by atoms with Crippen molar-refractivity contribution >= 4 is 10.1 Å². The molecule has 1 atom stereocenters. The number of aromatic nitrogens is 2. The van der Waals surface area contributed by atoms with Crippen LogP contribution in [0.4, 0.5) is 13.2 Å². The Hall–Kier alpha value is -1.29. The van der Waals surface area contributed by atoms with Crippen LogP contribution in [0.5, 0.6) is 5.88 Å². The van der Waals surface area contributed by atoms with Crippen molar-refractivity contribution in [3.8, 4) is 5.88 Å². The molecule has 10 heteroatoms. The van der Waals surface area contributed by atoms with Crippen LogP contribution in [0.25, 0.3) is 0 Å². The number of hydrogen-bond donors (Lipinski definition) is 1. The molecule has 1 fully saturated rings. The summed E-state index contributed by atoms with van der Waals surface area (Å²) in [6.07, 6.45) is 2.60. The molecule has 2 aliphatic rings. The lowest BCUT2D eigenvalue weighted by Crippen LogP contribution is -2.35. The number of halogens is 3. The zero-order valence-electron chi connectivity index (χ0n) is 11.0. The molecular formula is C11H14F3N3O3S. The quantitative estimate of drug-likeness (QED) is 0.652. The molecule has 21 heavy (non-hydrogen) atoms. The fourth-order valence-corrected chi connectivity index (χ4v) is 3.46. The van der Waals surface area contributed by atoms with E-state index in [-0.39, 0.29) is 5.41 Å². The van der Waals surface area contributed by atoms with Gasteiger partial charge in [0, 0.05) is 30.3 Å². The number of fused-ring (bicyclic) bond motifs is 2. The van der Waals surface area contributed by atoms with E-state index >= 15 is 0 Å². The molecule has 3 rings (SSSR count). The molecular weight excluding hydrogens is 311 g/mol. The van der Waals surface area contributed by atoms with Crippen LogP contribution in [0.1, 0.15) is 25.0 Å². The fourth-order valence-electron chi connectivity index (χ4n) is 3.06. The van der Waals surface area contributed by atoms with Crippen LogP contribution >= 0.6 is 0 Å². The zero-order chi connectivity index (χ0) is 15.3. The van der Waals surface area contributed by atoms with Crippen LogP contribution < -0.4 is 9.50 Å². The van der Waals surface area contributed by atoms with Gasteiger partial charge in [0.1, 0.15) is 0 Å². The van der Waals surface area contributed by atoms with Gasteiger partial charge in [-0.05, 0) is 25.8 Å². The molecule has 0 bridgehead atoms. The summed E-state index contributed by atoms with van der Waals surface area (Å²) >= 11 is 0. The molecule has 0 radical (unpaired) electrons. The number of nitrogens with zero attached hydrogens (tertiary/aromatic N) is 2. The Morgan fingerprint density at radius 1 is 1.38 bits per heavy atom. The minimum atomic E-state index is -5.68. The first-order valence-corrected chi connectivity index (χ1v) is 7.94. The molecule has 3 heterocycles. The lowest BCUT2D eigenvalue weighted by molar-refractivity contribution is -0.0501. The molecule has 6 nitrogen and oxygen atoms in total. The van der Waals surface area contributed by atoms with Gasteiger partial charge < -0.3 is 9.50 Å². The molecule has 1 N–H and O–H groups in total. The fraction of sp³-hybridized carbons (Fsp3) is 0.727. The van der Waals surface area contributed by atoms with Crippen molar-refractivity contribution in [2.24, 2.45) is 0 Å². The second-order valence-electron chi connectivity index (χ2n) is 5.38. The smallest absolute Gasteiger partial charge is 0.354 e. The Kier molecular flexibility index (Phi) is 3.21. The third-order valence-corrected chi connectivity index (χ3v) is 5.01. The van der Waals surface area contributed by atoms with Gasteiger partial charge in [0.2, 0.25) is 0 Å². The van der Waals surface area contributed by atoms with Crippen molar-refractivity contribution < 1.29 is 25.8 Å². The number of aryl methyl sites for hydroxylation is 1. The molecule has 1 saturated heterocycles. The summed E-state index contributed by atoms with van der Waals surface area (Å²) in [6.45, 7) is 2.08. The maximum atomic E-state index is 12.3. The number of rotatable bonds is 2. The van der Waals surface area contributed by atoms with Crippen LogP contribution in [0.15, 0.2) is 6.07 Å². The summed E-state index contributed by atoms with van der Waals surface area (Å²) in [4.78, 5) is 0. The predicted molar refractivity (Wildman–Crippen MR) is 66.2 cm³/mol. The highest BCUT2D eigenvalue weighted by Gasteiger charge is 2.49. The van der Waals surface area contributed by atoms with Gasteiger partial charge in [-0.2, -0.15) is 21.6 Å². The number of alkyl halides is 3. The van der Waals surface area contributed by atoms with Gasteiger partial charge in [0.25, 0.3) is 5.88 Å². The van der Waals surface area contributed by atoms with E-state index in [2.05, 4.69) is 14.6 Å². The van der Waals surface area contributed by atoms with Gasteiger partial charge >= 0.3 is 15.6 Å². The first-order chi connectivity index (χ1) is 9.74. The average molecular weight is 325 g/mol. The van der Waals surface area contributed by atoms with E-state index in [9.17, 15) is 21.6 Å². The van der Waals surface area contributed by atoms with Gasteiger partial charge in [-0.1, -0.05) is 0 Å². The Morgan fingerprint density at radius 3 is 2.76 bits per heavy atom. The summed E-state index contributed by atoms with van der Waals surface area (Å²) in [5, 5.41) is 7.08. The first kappa shape index (κ1) is 14.6. The van der Waals surface area contributed by atoms with Crippen molar-refractivity contribution in [1.82, 2.24) is 15.1 Å². The van der Waals surface area contributed by atoms with E-state index in [0.29, 0.717) is 13.1 Å². The van der Waals surface area contributed by atoms with E-state index in [0.717, 1.165) is 31.5 Å². The van der Waals surface area contributed by atoms with E-state index < -0.39 is 21.5 Å². The van der Waals surface area contributed by atoms with Crippen molar-refractivity contribution in [2.75, 3.05) is 13.1 Å². The maximum absolute atomic E-state index is 12.3. The van der Waals surface area contributed by atoms with Crippen LogP contribution in [-0.4, -0.2) is 36.8 Å². The van der Waals surface area contributed by atoms with Gasteiger partial charge in [0.05, 0.1) is 0 Å². The van der Waals surface area contributed by atoms with Crippen LogP contribution in [-0.2, 0) is 22.1 Å². The summed E-state index contributed by atoms with van der Waals surface area (Å²) in [5.74, 6) is -0.518. The minimum Gasteiger partial charge on any atom is -0.354 e. The summed E-state index contributed by atoms with van der Waals surface area (Å²) in [7, 11) is -5.68. The van der Waals surface area contributed by atoms with Crippen LogP contribution in [0.2, 0.25) is 0 Å². The molecule has 1 spiro atoms. The average Bonchev–Trinajstić information content (AvgIpc) is 2.96. The molecule has 0 amide bonds. The van der Waals surface area contributed by atoms with E-state index in [1.807, 2.05) is 0 Å². The highest BCUT2D eigenvalue weighted by molar-refractivity contribution is 7.87. The van der Waals surface area contributed by atoms with Gasteiger partial charge in [0.15, 0.2) is 0 Å². The third-order valence-electron chi connectivity index (χ3n) is 4.05. The summed E-state index contributed by atoms with van der Waals surface area (Å²) in [6, 6.07) is 1.31. The monoisotopic (exact) mass is 325 g/mol. The molecule has 118 valence electrons. The normalized spacial score (nSPS) is 26.0. The number of hydrogen-bond acceptors (Lipinski definition) is 5. The minimum absolute atomic E-state index is 0.186. The molecule has 0 aliphatic carbocycles. The van der Waals surface area contributed by atoms with Gasteiger partial charge in [-0.3, -0.25) is 4.68 Å². The van der Waals surface area contributed by atoms with E-state index in [1.54, 1.807) is 4.68 Å². The van der Waals surface area contributed by atoms with Crippen LogP contribution in [0, 0.1) is 0 Å². The Labute approximate surface area is 119 Å². The van der Waals surface area contributed by atoms with Crippen molar-refractivity contribution in [1.29, 1.82) is 0 Å². The number of nitrogens with one attached hydrogen (secondary N) is 1. The Bertz CT molecular complexity index is 647. The molecule has 0 aromatic carbocycles. The topological polar surface area (TPSA) is 73.2 Å². The SMILES string of the molecule is O=S(=O)(Oc1cc2n(n1)CCCC21CCNC1)C(F)(F)F. The van der Waals surface area contributed by atoms with Gasteiger partial charge in [-0.25, -0.2) is 0 Å². The Balaban J connectivity index is 1.93. The molecule has 1 aromatic rings. The lowest BCUT2D eigenvalue weighted by atomic mass is 9.77. The van der Waals surface area contributed by atoms with Crippen LogP contribution in [0.3, 0.4) is 0 Å². The van der Waals surface area contributed by atoms with Crippen molar-refractivity contribution in [3.63, 3.8) is 0 Å². The molecule has 2 aliphatic heterocycles. The maximum Gasteiger partial charge on any atom is 0.534 e. The zero-order valence-corrected chi connectivity index (χ0v) is 11.8. The highest BCUT2D eigenvalue weighted by atomic mass is 32.2. The standard InChI is InChI=1S/C11H14F3N3O3S/c12-11(13,14)21(18,19)20-9-6-8-10(3-4-15-7-10)2-1-5-17(8)16-9/h6,15H,1-5,7H2.